The van der Waals surface area contributed by atoms with Crippen LogP contribution in [0.4, 0.5) is 0 Å². The van der Waals surface area contributed by atoms with Crippen LogP contribution in [0.15, 0.2) is 47.7 Å². The van der Waals surface area contributed by atoms with Gasteiger partial charge in [-0.3, -0.25) is 9.21 Å². The average Bonchev–Trinajstić information content (AvgIpc) is 2.30. The van der Waals surface area contributed by atoms with E-state index < -0.39 is 0 Å². The Morgan fingerprint density at radius 2 is 2.12 bits per heavy atom. The Balaban J connectivity index is 2.03. The summed E-state index contributed by atoms with van der Waals surface area (Å²) in [4.78, 5) is 15.8. The lowest BCUT2D eigenvalue weighted by molar-refractivity contribution is 0.0976. The Hall–Kier alpha value is -1.81. The van der Waals surface area contributed by atoms with Crippen LogP contribution in [-0.4, -0.2) is 22.7 Å². The van der Waals surface area contributed by atoms with Gasteiger partial charge in [0.2, 0.25) is 0 Å². The van der Waals surface area contributed by atoms with Crippen molar-refractivity contribution in [3.05, 3.63) is 48.3 Å². The molecule has 1 N–H and O–H groups in total. The minimum atomic E-state index is -0.181. The number of hydrogen-bond donors (Lipinski definition) is 1. The maximum absolute atomic E-state index is 11.7. The molecule has 0 aromatic heterocycles. The van der Waals surface area contributed by atoms with Crippen LogP contribution < -0.4 is 5.32 Å². The van der Waals surface area contributed by atoms with Crippen LogP contribution >= 0.6 is 11.8 Å². The van der Waals surface area contributed by atoms with Gasteiger partial charge in [0.15, 0.2) is 0 Å². The number of carbonyl (C=O) groups excluding carboxylic acids is 1. The summed E-state index contributed by atoms with van der Waals surface area (Å²) in [6, 6.07) is 8.97. The van der Waals surface area contributed by atoms with Crippen LogP contribution in [0.3, 0.4) is 0 Å². The molecule has 2 rings (SSSR count). The quantitative estimate of drug-likeness (QED) is 0.754. The highest BCUT2D eigenvalue weighted by molar-refractivity contribution is 6.16. The highest BCUT2D eigenvalue weighted by Crippen LogP contribution is 2.03. The van der Waals surface area contributed by atoms with Gasteiger partial charge in [-0.2, -0.15) is 0 Å². The number of nitrogens with one attached hydrogen (secondary N) is 1. The van der Waals surface area contributed by atoms with Crippen LogP contribution in [0.5, 0.6) is 0 Å². The van der Waals surface area contributed by atoms with E-state index in [1.54, 1.807) is 18.3 Å². The lowest BCUT2D eigenvalue weighted by Crippen LogP contribution is -2.37. The zero-order valence-electron chi connectivity index (χ0n) is 8.43. The number of halogens is 1. The van der Waals surface area contributed by atoms with Gasteiger partial charge in [-0.1, -0.05) is 18.2 Å². The molecule has 1 aliphatic rings. The van der Waals surface area contributed by atoms with Crippen molar-refractivity contribution < 1.29 is 4.79 Å². The number of rotatable bonds is 1. The number of amides is 1. The van der Waals surface area contributed by atoms with Gasteiger partial charge < -0.3 is 5.32 Å². The zero-order chi connectivity index (χ0) is 11.4. The minimum Gasteiger partial charge on any atom is -0.309 e. The molecule has 1 aliphatic heterocycles. The Morgan fingerprint density at radius 1 is 1.38 bits per heavy atom. The fraction of sp³-hybridized carbons (Fsp3) is 0.0909. The summed E-state index contributed by atoms with van der Waals surface area (Å²) in [5.74, 6) is 0.353. The molecule has 0 saturated heterocycles. The SMILES string of the molecule is O=C(NC1=NC=CN(Cl)C1)c1ccccc1. The van der Waals surface area contributed by atoms with E-state index in [-0.39, 0.29) is 5.91 Å². The fourth-order valence-electron chi connectivity index (χ4n) is 1.30. The second-order valence-corrected chi connectivity index (χ2v) is 3.69. The van der Waals surface area contributed by atoms with Crippen molar-refractivity contribution in [2.75, 3.05) is 6.54 Å². The van der Waals surface area contributed by atoms with Crippen molar-refractivity contribution in [1.82, 2.24) is 9.74 Å². The predicted molar refractivity (Wildman–Crippen MR) is 63.0 cm³/mol. The van der Waals surface area contributed by atoms with Crippen molar-refractivity contribution >= 4 is 23.5 Å². The van der Waals surface area contributed by atoms with E-state index >= 15 is 0 Å². The molecule has 4 nitrogen and oxygen atoms in total. The smallest absolute Gasteiger partial charge is 0.256 e. The molecular weight excluding hydrogens is 226 g/mol. The number of carbonyl (C=O) groups is 1. The van der Waals surface area contributed by atoms with Crippen LogP contribution in [0.25, 0.3) is 0 Å². The molecule has 0 fully saturated rings. The molecule has 1 aromatic rings. The van der Waals surface area contributed by atoms with Gasteiger partial charge in [-0.25, -0.2) is 4.99 Å². The number of amidine groups is 1. The highest BCUT2D eigenvalue weighted by Gasteiger charge is 2.11. The number of hydrogen-bond acceptors (Lipinski definition) is 3. The first-order chi connectivity index (χ1) is 7.75. The second kappa shape index (κ2) is 4.81. The number of aliphatic imine (C=N–C) groups is 1. The first kappa shape index (κ1) is 10.7. The third-order valence-corrected chi connectivity index (χ3v) is 2.29. The summed E-state index contributed by atoms with van der Waals surface area (Å²) in [6.45, 7) is 0.386. The highest BCUT2D eigenvalue weighted by atomic mass is 35.5. The third kappa shape index (κ3) is 2.61. The zero-order valence-corrected chi connectivity index (χ0v) is 9.19. The molecule has 0 aliphatic carbocycles. The Bertz CT molecular complexity index is 442. The van der Waals surface area contributed by atoms with Crippen molar-refractivity contribution in [1.29, 1.82) is 0 Å². The molecule has 0 atom stereocenters. The molecule has 5 heteroatoms. The molecule has 0 bridgehead atoms. The molecule has 1 heterocycles. The van der Waals surface area contributed by atoms with Crippen molar-refractivity contribution in [2.45, 2.75) is 0 Å². The van der Waals surface area contributed by atoms with Gasteiger partial charge in [-0.05, 0) is 12.1 Å². The van der Waals surface area contributed by atoms with E-state index in [2.05, 4.69) is 10.3 Å². The van der Waals surface area contributed by atoms with Gasteiger partial charge in [0.1, 0.15) is 5.84 Å². The summed E-state index contributed by atoms with van der Waals surface area (Å²) in [5.41, 5.74) is 0.598. The molecule has 0 saturated carbocycles. The van der Waals surface area contributed by atoms with E-state index in [1.807, 2.05) is 18.2 Å². The second-order valence-electron chi connectivity index (χ2n) is 3.25. The van der Waals surface area contributed by atoms with Gasteiger partial charge >= 0.3 is 0 Å². The van der Waals surface area contributed by atoms with E-state index in [0.717, 1.165) is 0 Å². The van der Waals surface area contributed by atoms with Crippen LogP contribution in [0.2, 0.25) is 0 Å². The van der Waals surface area contributed by atoms with Crippen LogP contribution in [-0.2, 0) is 0 Å². The lowest BCUT2D eigenvalue weighted by atomic mass is 10.2. The van der Waals surface area contributed by atoms with Gasteiger partial charge in [0, 0.05) is 29.7 Å². The number of benzene rings is 1. The molecule has 1 amide bonds. The molecule has 0 spiro atoms. The Morgan fingerprint density at radius 3 is 2.81 bits per heavy atom. The Kier molecular flexibility index (Phi) is 3.22. The van der Waals surface area contributed by atoms with E-state index in [9.17, 15) is 4.79 Å². The van der Waals surface area contributed by atoms with Gasteiger partial charge in [0.05, 0.1) is 6.54 Å². The monoisotopic (exact) mass is 235 g/mol. The summed E-state index contributed by atoms with van der Waals surface area (Å²) < 4.78 is 1.42. The normalized spacial score (nSPS) is 14.6. The summed E-state index contributed by atoms with van der Waals surface area (Å²) in [7, 11) is 0. The van der Waals surface area contributed by atoms with Crippen molar-refractivity contribution in [3.63, 3.8) is 0 Å². The maximum Gasteiger partial charge on any atom is 0.256 e. The minimum absolute atomic E-state index is 0.181. The summed E-state index contributed by atoms with van der Waals surface area (Å²) in [6.07, 6.45) is 3.16. The van der Waals surface area contributed by atoms with Crippen molar-refractivity contribution in [2.24, 2.45) is 4.99 Å². The molecule has 16 heavy (non-hydrogen) atoms. The van der Waals surface area contributed by atoms with Crippen LogP contribution in [0.1, 0.15) is 10.4 Å². The molecule has 0 unspecified atom stereocenters. The molecule has 1 aromatic carbocycles. The molecule has 0 radical (unpaired) electrons. The molecule has 82 valence electrons. The van der Waals surface area contributed by atoms with Crippen molar-refractivity contribution in [3.8, 4) is 0 Å². The first-order valence-electron chi connectivity index (χ1n) is 4.78. The maximum atomic E-state index is 11.7. The van der Waals surface area contributed by atoms with Crippen LogP contribution in [0, 0.1) is 0 Å². The first-order valence-corrected chi connectivity index (χ1v) is 5.12. The molecular formula is C11H10ClN3O. The topological polar surface area (TPSA) is 44.7 Å². The lowest BCUT2D eigenvalue weighted by Gasteiger charge is -2.16. The number of nitrogens with zero attached hydrogens (tertiary/aromatic N) is 2. The van der Waals surface area contributed by atoms with Gasteiger partial charge in [0.25, 0.3) is 5.91 Å². The Labute approximate surface area is 98.3 Å². The average molecular weight is 236 g/mol. The fourth-order valence-corrected chi connectivity index (χ4v) is 1.46. The summed E-state index contributed by atoms with van der Waals surface area (Å²) in [5, 5.41) is 2.70. The largest absolute Gasteiger partial charge is 0.309 e. The third-order valence-electron chi connectivity index (χ3n) is 2.05. The summed E-state index contributed by atoms with van der Waals surface area (Å²) >= 11 is 5.76. The van der Waals surface area contributed by atoms with E-state index in [4.69, 9.17) is 11.8 Å². The predicted octanol–water partition coefficient (Wildman–Crippen LogP) is 1.76. The van der Waals surface area contributed by atoms with Gasteiger partial charge in [-0.15, -0.1) is 0 Å². The van der Waals surface area contributed by atoms with E-state index in [1.165, 1.54) is 10.6 Å². The van der Waals surface area contributed by atoms with E-state index in [0.29, 0.717) is 17.9 Å². The standard InChI is InChI=1S/C11H10ClN3O/c12-15-7-6-13-10(8-15)14-11(16)9-4-2-1-3-5-9/h1-7H,8H2,(H,13,14,16).